The van der Waals surface area contributed by atoms with E-state index in [0.717, 1.165) is 44.1 Å². The van der Waals surface area contributed by atoms with Gasteiger partial charge in [-0.2, -0.15) is 0 Å². The van der Waals surface area contributed by atoms with Crippen LogP contribution in [-0.2, 0) is 11.3 Å². The number of aromatic nitrogens is 1. The smallest absolute Gasteiger partial charge is 0.191 e. The Kier molecular flexibility index (Phi) is 8.03. The topological polar surface area (TPSA) is 65.0 Å². The van der Waals surface area contributed by atoms with E-state index in [9.17, 15) is 0 Å². The molecular formula is C24H40N6O. The second kappa shape index (κ2) is 11.1. The Bertz CT molecular complexity index is 712. The summed E-state index contributed by atoms with van der Waals surface area (Å²) in [6.07, 6.45) is 11.6. The summed E-state index contributed by atoms with van der Waals surface area (Å²) in [5, 5.41) is 7.15. The van der Waals surface area contributed by atoms with Crippen LogP contribution in [0.1, 0.15) is 57.4 Å². The molecule has 0 spiro atoms. The number of nitrogens with zero attached hydrogens (tertiary/aromatic N) is 4. The van der Waals surface area contributed by atoms with Crippen LogP contribution in [0.25, 0.3) is 0 Å². The van der Waals surface area contributed by atoms with Crippen LogP contribution in [0.15, 0.2) is 23.3 Å². The maximum Gasteiger partial charge on any atom is 0.191 e. The highest BCUT2D eigenvalue weighted by atomic mass is 16.5. The van der Waals surface area contributed by atoms with E-state index in [1.165, 1.54) is 63.6 Å². The largest absolute Gasteiger partial charge is 0.375 e. The predicted molar refractivity (Wildman–Crippen MR) is 127 cm³/mol. The first-order chi connectivity index (χ1) is 15.2. The van der Waals surface area contributed by atoms with Crippen LogP contribution in [0.2, 0.25) is 0 Å². The van der Waals surface area contributed by atoms with Gasteiger partial charge in [-0.3, -0.25) is 4.99 Å². The van der Waals surface area contributed by atoms with Crippen LogP contribution < -0.4 is 15.5 Å². The van der Waals surface area contributed by atoms with E-state index in [1.54, 1.807) is 0 Å². The monoisotopic (exact) mass is 428 g/mol. The van der Waals surface area contributed by atoms with Crippen molar-refractivity contribution in [1.29, 1.82) is 0 Å². The van der Waals surface area contributed by atoms with Crippen molar-refractivity contribution in [3.8, 4) is 0 Å². The third kappa shape index (κ3) is 6.32. The van der Waals surface area contributed by atoms with Crippen LogP contribution in [0.4, 0.5) is 5.82 Å². The van der Waals surface area contributed by atoms with Crippen molar-refractivity contribution >= 4 is 11.8 Å². The molecule has 3 aliphatic rings. The van der Waals surface area contributed by atoms with Gasteiger partial charge in [0.2, 0.25) is 0 Å². The summed E-state index contributed by atoms with van der Waals surface area (Å²) in [6, 6.07) is 5.61. The van der Waals surface area contributed by atoms with Crippen LogP contribution in [0, 0.1) is 0 Å². The van der Waals surface area contributed by atoms with Gasteiger partial charge < -0.3 is 25.2 Å². The van der Waals surface area contributed by atoms with Gasteiger partial charge in [0.15, 0.2) is 5.96 Å². The van der Waals surface area contributed by atoms with Crippen molar-refractivity contribution in [2.45, 2.75) is 76.6 Å². The minimum atomic E-state index is 0.255. The second-order valence-electron chi connectivity index (χ2n) is 9.32. The second-order valence-corrected chi connectivity index (χ2v) is 9.32. The van der Waals surface area contributed by atoms with Crippen molar-refractivity contribution in [3.05, 3.63) is 23.9 Å². The number of hydrogen-bond acceptors (Lipinski definition) is 5. The van der Waals surface area contributed by atoms with Crippen LogP contribution in [-0.4, -0.2) is 73.9 Å². The molecule has 0 radical (unpaired) electrons. The third-order valence-electron chi connectivity index (χ3n) is 7.02. The van der Waals surface area contributed by atoms with Gasteiger partial charge in [-0.25, -0.2) is 4.98 Å². The van der Waals surface area contributed by atoms with Crippen molar-refractivity contribution in [1.82, 2.24) is 20.5 Å². The van der Waals surface area contributed by atoms with Gasteiger partial charge >= 0.3 is 0 Å². The molecule has 3 fully saturated rings. The lowest BCUT2D eigenvalue weighted by atomic mass is 9.92. The fraction of sp³-hybridized carbons (Fsp3) is 0.750. The lowest BCUT2D eigenvalue weighted by Gasteiger charge is -2.39. The van der Waals surface area contributed by atoms with Crippen LogP contribution in [0.5, 0.6) is 0 Å². The average Bonchev–Trinajstić information content (AvgIpc) is 2.83. The van der Waals surface area contributed by atoms with Gasteiger partial charge in [0.05, 0.1) is 12.7 Å². The van der Waals surface area contributed by atoms with E-state index in [1.807, 2.05) is 13.2 Å². The molecule has 1 saturated carbocycles. The number of ether oxygens (including phenoxy) is 1. The first-order valence-electron chi connectivity index (χ1n) is 12.2. The molecule has 0 bridgehead atoms. The molecule has 2 aliphatic heterocycles. The summed E-state index contributed by atoms with van der Waals surface area (Å²) in [7, 11) is 1.86. The van der Waals surface area contributed by atoms with Crippen LogP contribution in [0.3, 0.4) is 0 Å². The maximum absolute atomic E-state index is 5.66. The molecule has 1 atom stereocenters. The Labute approximate surface area is 187 Å². The number of nitrogens with one attached hydrogen (secondary N) is 2. The summed E-state index contributed by atoms with van der Waals surface area (Å²) < 4.78 is 5.66. The van der Waals surface area contributed by atoms with Gasteiger partial charge in [0, 0.05) is 58.1 Å². The van der Waals surface area contributed by atoms with Gasteiger partial charge in [-0.15, -0.1) is 0 Å². The quantitative estimate of drug-likeness (QED) is 0.555. The third-order valence-corrected chi connectivity index (χ3v) is 7.02. The number of pyridine rings is 1. The summed E-state index contributed by atoms with van der Waals surface area (Å²) >= 11 is 0. The molecule has 1 aliphatic carbocycles. The Hall–Kier alpha value is -1.86. The number of likely N-dealkylation sites (tertiary alicyclic amines) is 1. The molecule has 3 heterocycles. The molecule has 1 unspecified atom stereocenters. The molecule has 4 rings (SSSR count). The van der Waals surface area contributed by atoms with Gasteiger partial charge in [0.25, 0.3) is 0 Å². The zero-order chi connectivity index (χ0) is 21.5. The molecule has 1 aromatic heterocycles. The number of morpholine rings is 1. The number of guanidine groups is 1. The zero-order valence-electron chi connectivity index (χ0n) is 19.4. The summed E-state index contributed by atoms with van der Waals surface area (Å²) in [4.78, 5) is 14.1. The van der Waals surface area contributed by atoms with Gasteiger partial charge in [-0.05, 0) is 50.3 Å². The minimum absolute atomic E-state index is 0.255. The highest BCUT2D eigenvalue weighted by Crippen LogP contribution is 2.25. The SMILES string of the molecule is CN=C(NCc1ccnc(N2CCOC(C)C2)c1)NC1CCN(C2CCCCC2)CC1. The fourth-order valence-corrected chi connectivity index (χ4v) is 5.20. The minimum Gasteiger partial charge on any atom is -0.375 e. The lowest BCUT2D eigenvalue weighted by Crippen LogP contribution is -2.50. The van der Waals surface area contributed by atoms with E-state index >= 15 is 0 Å². The van der Waals surface area contributed by atoms with E-state index in [-0.39, 0.29) is 6.10 Å². The molecule has 2 saturated heterocycles. The van der Waals surface area contributed by atoms with Crippen LogP contribution >= 0.6 is 0 Å². The molecular weight excluding hydrogens is 388 g/mol. The normalized spacial score (nSPS) is 24.9. The molecule has 172 valence electrons. The molecule has 0 amide bonds. The Morgan fingerprint density at radius 2 is 1.97 bits per heavy atom. The molecule has 31 heavy (non-hydrogen) atoms. The highest BCUT2D eigenvalue weighted by Gasteiger charge is 2.26. The Morgan fingerprint density at radius 1 is 1.16 bits per heavy atom. The van der Waals surface area contributed by atoms with Crippen molar-refractivity contribution < 1.29 is 4.74 Å². The molecule has 1 aromatic rings. The maximum atomic E-state index is 5.66. The number of rotatable bonds is 5. The molecule has 7 nitrogen and oxygen atoms in total. The average molecular weight is 429 g/mol. The van der Waals surface area contributed by atoms with E-state index in [4.69, 9.17) is 4.74 Å². The number of hydrogen-bond donors (Lipinski definition) is 2. The molecule has 2 N–H and O–H groups in total. The summed E-state index contributed by atoms with van der Waals surface area (Å²) in [5.74, 6) is 1.93. The van der Waals surface area contributed by atoms with E-state index in [0.29, 0.717) is 6.04 Å². The fourth-order valence-electron chi connectivity index (χ4n) is 5.20. The summed E-state index contributed by atoms with van der Waals surface area (Å²) in [6.45, 7) is 7.85. The molecule has 7 heteroatoms. The van der Waals surface area contributed by atoms with E-state index in [2.05, 4.69) is 49.5 Å². The highest BCUT2D eigenvalue weighted by molar-refractivity contribution is 5.80. The number of anilines is 1. The Balaban J connectivity index is 1.23. The summed E-state index contributed by atoms with van der Waals surface area (Å²) in [5.41, 5.74) is 1.22. The first-order valence-corrected chi connectivity index (χ1v) is 12.2. The molecule has 0 aromatic carbocycles. The van der Waals surface area contributed by atoms with Crippen molar-refractivity contribution in [3.63, 3.8) is 0 Å². The predicted octanol–water partition coefficient (Wildman–Crippen LogP) is 2.77. The lowest BCUT2D eigenvalue weighted by molar-refractivity contribution is 0.0529. The number of piperidine rings is 1. The Morgan fingerprint density at radius 3 is 2.71 bits per heavy atom. The zero-order valence-corrected chi connectivity index (χ0v) is 19.4. The van der Waals surface area contributed by atoms with Crippen molar-refractivity contribution in [2.24, 2.45) is 4.99 Å². The van der Waals surface area contributed by atoms with Gasteiger partial charge in [-0.1, -0.05) is 19.3 Å². The van der Waals surface area contributed by atoms with E-state index < -0.39 is 0 Å². The first kappa shape index (κ1) is 22.3. The van der Waals surface area contributed by atoms with Crippen molar-refractivity contribution in [2.75, 3.05) is 44.7 Å². The number of aliphatic imine (C=N–C) groups is 1. The van der Waals surface area contributed by atoms with Gasteiger partial charge in [0.1, 0.15) is 5.82 Å². The standard InChI is InChI=1S/C24H40N6O/c1-19-18-30(14-15-31-19)23-16-20(8-11-26-23)17-27-24(25-2)28-21-9-12-29(13-10-21)22-6-4-3-5-7-22/h8,11,16,19,21-22H,3-7,9-10,12-15,17-18H2,1-2H3,(H2,25,27,28).